The number of aryl methyl sites for hydroxylation is 1. The molecule has 1 atom stereocenters. The van der Waals surface area contributed by atoms with Crippen LogP contribution in [-0.2, 0) is 9.59 Å². The van der Waals surface area contributed by atoms with E-state index >= 15 is 0 Å². The molecule has 0 spiro atoms. The van der Waals surface area contributed by atoms with Gasteiger partial charge in [0.2, 0.25) is 11.8 Å². The number of nitrogens with zero attached hydrogens (tertiary/aromatic N) is 2. The maximum Gasteiger partial charge on any atom is 0.253 e. The fourth-order valence-electron chi connectivity index (χ4n) is 3.66. The Bertz CT molecular complexity index is 955. The van der Waals surface area contributed by atoms with E-state index in [1.54, 1.807) is 35.0 Å². The highest BCUT2D eigenvalue weighted by Gasteiger charge is 2.32. The Balaban J connectivity index is 2.00. The third-order valence-corrected chi connectivity index (χ3v) is 5.31. The maximum atomic E-state index is 12.7. The van der Waals surface area contributed by atoms with Gasteiger partial charge in [0.1, 0.15) is 0 Å². The van der Waals surface area contributed by atoms with Crippen molar-refractivity contribution in [2.24, 2.45) is 0 Å². The molecule has 1 unspecified atom stereocenters. The Morgan fingerprint density at radius 1 is 1.20 bits per heavy atom. The SMILES string of the molecule is CNCCN(C)C(=O)c1ccc2c(c1)NC(=O)CC(c1ccc(C)cc1)N2C(C)=O. The van der Waals surface area contributed by atoms with E-state index in [1.807, 2.05) is 38.2 Å². The van der Waals surface area contributed by atoms with E-state index in [0.717, 1.165) is 11.1 Å². The molecule has 3 rings (SSSR count). The molecule has 158 valence electrons. The number of benzene rings is 2. The van der Waals surface area contributed by atoms with Crippen molar-refractivity contribution in [3.8, 4) is 0 Å². The van der Waals surface area contributed by atoms with Crippen LogP contribution in [0.5, 0.6) is 0 Å². The second-order valence-corrected chi connectivity index (χ2v) is 7.63. The molecule has 3 amide bonds. The standard InChI is InChI=1S/C23H28N4O3/c1-15-5-7-17(8-6-15)21-14-22(29)25-19-13-18(23(30)26(4)12-11-24-3)9-10-20(19)27(21)16(2)28/h5-10,13,21,24H,11-12,14H2,1-4H3,(H,25,29). The third kappa shape index (κ3) is 4.52. The summed E-state index contributed by atoms with van der Waals surface area (Å²) in [7, 11) is 3.57. The average molecular weight is 409 g/mol. The van der Waals surface area contributed by atoms with Crippen LogP contribution in [0.4, 0.5) is 11.4 Å². The topological polar surface area (TPSA) is 81.8 Å². The zero-order chi connectivity index (χ0) is 21.8. The molecule has 1 aliphatic rings. The Labute approximate surface area is 177 Å². The fraction of sp³-hybridized carbons (Fsp3) is 0.348. The second-order valence-electron chi connectivity index (χ2n) is 7.63. The lowest BCUT2D eigenvalue weighted by Crippen LogP contribution is -2.34. The smallest absolute Gasteiger partial charge is 0.253 e. The number of nitrogens with one attached hydrogen (secondary N) is 2. The molecule has 2 aromatic rings. The minimum absolute atomic E-state index is 0.142. The zero-order valence-corrected chi connectivity index (χ0v) is 17.9. The largest absolute Gasteiger partial charge is 0.340 e. The van der Waals surface area contributed by atoms with Crippen molar-refractivity contribution in [1.82, 2.24) is 10.2 Å². The molecule has 0 radical (unpaired) electrons. The van der Waals surface area contributed by atoms with Gasteiger partial charge in [-0.25, -0.2) is 0 Å². The molecule has 0 aliphatic carbocycles. The van der Waals surface area contributed by atoms with Crippen molar-refractivity contribution in [3.05, 3.63) is 59.2 Å². The van der Waals surface area contributed by atoms with Crippen molar-refractivity contribution in [3.63, 3.8) is 0 Å². The third-order valence-electron chi connectivity index (χ3n) is 5.31. The minimum Gasteiger partial charge on any atom is -0.340 e. The van der Waals surface area contributed by atoms with Gasteiger partial charge < -0.3 is 20.4 Å². The molecular formula is C23H28N4O3. The van der Waals surface area contributed by atoms with Gasteiger partial charge in [0.25, 0.3) is 5.91 Å². The first-order valence-corrected chi connectivity index (χ1v) is 10.0. The predicted molar refractivity (Wildman–Crippen MR) is 118 cm³/mol. The molecular weight excluding hydrogens is 380 g/mol. The van der Waals surface area contributed by atoms with Gasteiger partial charge in [0, 0.05) is 32.6 Å². The van der Waals surface area contributed by atoms with Gasteiger partial charge in [0.15, 0.2) is 0 Å². The monoisotopic (exact) mass is 408 g/mol. The van der Waals surface area contributed by atoms with Crippen molar-refractivity contribution < 1.29 is 14.4 Å². The van der Waals surface area contributed by atoms with Gasteiger partial charge in [-0.05, 0) is 37.7 Å². The van der Waals surface area contributed by atoms with Crippen molar-refractivity contribution in [1.29, 1.82) is 0 Å². The highest BCUT2D eigenvalue weighted by molar-refractivity contribution is 6.06. The van der Waals surface area contributed by atoms with E-state index in [4.69, 9.17) is 0 Å². The summed E-state index contributed by atoms with van der Waals surface area (Å²) in [4.78, 5) is 41.3. The number of anilines is 2. The number of carbonyl (C=O) groups excluding carboxylic acids is 3. The molecule has 1 aliphatic heterocycles. The summed E-state index contributed by atoms with van der Waals surface area (Å²) in [6, 6.07) is 12.5. The lowest BCUT2D eigenvalue weighted by atomic mass is 10.00. The summed E-state index contributed by atoms with van der Waals surface area (Å²) < 4.78 is 0. The fourth-order valence-corrected chi connectivity index (χ4v) is 3.66. The lowest BCUT2D eigenvalue weighted by Gasteiger charge is -2.30. The Kier molecular flexibility index (Phi) is 6.52. The number of carbonyl (C=O) groups is 3. The molecule has 0 fully saturated rings. The highest BCUT2D eigenvalue weighted by Crippen LogP contribution is 2.38. The van der Waals surface area contributed by atoms with Crippen LogP contribution in [-0.4, -0.2) is 49.8 Å². The summed E-state index contributed by atoms with van der Waals surface area (Å²) in [5, 5.41) is 5.90. The van der Waals surface area contributed by atoms with E-state index in [2.05, 4.69) is 10.6 Å². The molecule has 30 heavy (non-hydrogen) atoms. The molecule has 2 aromatic carbocycles. The zero-order valence-electron chi connectivity index (χ0n) is 17.9. The maximum absolute atomic E-state index is 12.7. The molecule has 1 heterocycles. The van der Waals surface area contributed by atoms with Crippen LogP contribution in [0.2, 0.25) is 0 Å². The first-order valence-electron chi connectivity index (χ1n) is 10.0. The van der Waals surface area contributed by atoms with Crippen LogP contribution in [0.25, 0.3) is 0 Å². The first-order chi connectivity index (χ1) is 14.3. The van der Waals surface area contributed by atoms with Crippen LogP contribution in [0.1, 0.15) is 40.9 Å². The van der Waals surface area contributed by atoms with Crippen LogP contribution in [0, 0.1) is 6.92 Å². The number of hydrogen-bond donors (Lipinski definition) is 2. The number of hydrogen-bond acceptors (Lipinski definition) is 4. The van der Waals surface area contributed by atoms with Gasteiger partial charge in [-0.2, -0.15) is 0 Å². The molecule has 7 heteroatoms. The number of amides is 3. The van der Waals surface area contributed by atoms with Crippen LogP contribution >= 0.6 is 0 Å². The second kappa shape index (κ2) is 9.09. The number of fused-ring (bicyclic) bond motifs is 1. The summed E-state index contributed by atoms with van der Waals surface area (Å²) in [5.41, 5.74) is 3.53. The van der Waals surface area contributed by atoms with Gasteiger partial charge in [-0.1, -0.05) is 29.8 Å². The number of rotatable bonds is 5. The molecule has 0 aromatic heterocycles. The van der Waals surface area contributed by atoms with Crippen LogP contribution in [0.15, 0.2) is 42.5 Å². The quantitative estimate of drug-likeness (QED) is 0.797. The van der Waals surface area contributed by atoms with Crippen LogP contribution in [0.3, 0.4) is 0 Å². The minimum atomic E-state index is -0.413. The van der Waals surface area contributed by atoms with E-state index in [-0.39, 0.29) is 24.1 Å². The lowest BCUT2D eigenvalue weighted by molar-refractivity contribution is -0.118. The molecule has 0 bridgehead atoms. The van der Waals surface area contributed by atoms with E-state index in [0.29, 0.717) is 30.0 Å². The van der Waals surface area contributed by atoms with E-state index in [1.165, 1.54) is 6.92 Å². The average Bonchev–Trinajstić information content (AvgIpc) is 2.86. The molecule has 2 N–H and O–H groups in total. The number of likely N-dealkylation sites (N-methyl/N-ethyl adjacent to an activating group) is 2. The summed E-state index contributed by atoms with van der Waals surface area (Å²) in [6.07, 6.45) is 0.142. The van der Waals surface area contributed by atoms with Crippen molar-refractivity contribution in [2.45, 2.75) is 26.3 Å². The summed E-state index contributed by atoms with van der Waals surface area (Å²) in [5.74, 6) is -0.502. The molecule has 7 nitrogen and oxygen atoms in total. The van der Waals surface area contributed by atoms with Gasteiger partial charge in [-0.3, -0.25) is 14.4 Å². The van der Waals surface area contributed by atoms with Crippen molar-refractivity contribution in [2.75, 3.05) is 37.4 Å². The van der Waals surface area contributed by atoms with Gasteiger partial charge >= 0.3 is 0 Å². The molecule has 0 saturated carbocycles. The van der Waals surface area contributed by atoms with Gasteiger partial charge in [-0.15, -0.1) is 0 Å². The van der Waals surface area contributed by atoms with Crippen LogP contribution < -0.4 is 15.5 Å². The summed E-state index contributed by atoms with van der Waals surface area (Å²) in [6.45, 7) is 4.73. The van der Waals surface area contributed by atoms with Crippen molar-refractivity contribution >= 4 is 29.1 Å². The Morgan fingerprint density at radius 2 is 1.90 bits per heavy atom. The molecule has 0 saturated heterocycles. The first kappa shape index (κ1) is 21.5. The Morgan fingerprint density at radius 3 is 2.53 bits per heavy atom. The normalized spacial score (nSPS) is 15.8. The van der Waals surface area contributed by atoms with E-state index < -0.39 is 6.04 Å². The Hall–Kier alpha value is -3.19. The predicted octanol–water partition coefficient (Wildman–Crippen LogP) is 2.72. The summed E-state index contributed by atoms with van der Waals surface area (Å²) >= 11 is 0. The van der Waals surface area contributed by atoms with E-state index in [9.17, 15) is 14.4 Å². The van der Waals surface area contributed by atoms with Gasteiger partial charge in [0.05, 0.1) is 23.8 Å². The highest BCUT2D eigenvalue weighted by atomic mass is 16.2.